The highest BCUT2D eigenvalue weighted by molar-refractivity contribution is 7.90. The summed E-state index contributed by atoms with van der Waals surface area (Å²) in [5, 5.41) is 54.8. The van der Waals surface area contributed by atoms with Crippen molar-refractivity contribution in [3.8, 4) is 28.7 Å². The van der Waals surface area contributed by atoms with Crippen molar-refractivity contribution >= 4 is 80.0 Å². The predicted molar refractivity (Wildman–Crippen MR) is 553 cm³/mol. The molecule has 0 spiro atoms. The molecule has 35 heteroatoms. The fourth-order valence-electron chi connectivity index (χ4n) is 15.6. The highest BCUT2D eigenvalue weighted by Crippen LogP contribution is 2.40. The summed E-state index contributed by atoms with van der Waals surface area (Å²) in [6, 6.07) is 106. The first-order chi connectivity index (χ1) is 70.5. The molecule has 16 rings (SSSR count). The second kappa shape index (κ2) is 51.6. The van der Waals surface area contributed by atoms with Gasteiger partial charge in [-0.3, -0.25) is 0 Å². The van der Waals surface area contributed by atoms with Gasteiger partial charge in [0.2, 0.25) is 50.1 Å². The summed E-state index contributed by atoms with van der Waals surface area (Å²) in [5.41, 5.74) is 9.51. The summed E-state index contributed by atoms with van der Waals surface area (Å²) < 4.78 is 162. The molecule has 6 N–H and O–H groups in total. The van der Waals surface area contributed by atoms with Gasteiger partial charge in [0.1, 0.15) is 28.7 Å². The fraction of sp³-hybridized carbons (Fsp3) is 0.152. The molecule has 1 unspecified atom stereocenters. The zero-order valence-corrected chi connectivity index (χ0v) is 84.3. The maximum absolute atomic E-state index is 13.8. The molecular weight excluding hydrogens is 1980 g/mol. The Morgan fingerprint density at radius 1 is 0.265 bits per heavy atom. The van der Waals surface area contributed by atoms with E-state index in [0.717, 1.165) is 58.2 Å². The number of ether oxygens (including phenoxy) is 4. The number of methoxy groups -OCH3 is 4. The number of hydrogen-bond donors (Lipinski definition) is 6. The fourth-order valence-corrected chi connectivity index (χ4v) is 23.0. The van der Waals surface area contributed by atoms with Crippen LogP contribution in [0.2, 0.25) is 0 Å². The molecule has 30 nitrogen and oxygen atoms in total. The van der Waals surface area contributed by atoms with Crippen molar-refractivity contribution in [3.05, 3.63) is 477 Å². The van der Waals surface area contributed by atoms with E-state index in [4.69, 9.17) is 44.5 Å². The molecule has 1 aliphatic carbocycles. The number of benzene rings is 15. The Morgan fingerprint density at radius 3 is 0.905 bits per heavy atom. The molecule has 15 aromatic rings. The van der Waals surface area contributed by atoms with Gasteiger partial charge < -0.3 is 49.6 Å². The number of aromatic hydroxyl groups is 1. The first-order valence-electron chi connectivity index (χ1n) is 45.7. The van der Waals surface area contributed by atoms with Crippen LogP contribution in [0.25, 0.3) is 0 Å². The lowest BCUT2D eigenvalue weighted by Crippen LogP contribution is -2.36. The molecule has 1 atom stereocenters. The number of carboxylic acid groups (broad SMARTS) is 5. The van der Waals surface area contributed by atoms with E-state index in [9.17, 15) is 71.2 Å². The predicted octanol–water partition coefficient (Wildman–Crippen LogP) is 19.5. The Bertz CT molecular complexity index is 7580. The van der Waals surface area contributed by atoms with Crippen LogP contribution in [-0.2, 0) is 115 Å². The quantitative estimate of drug-likeness (QED) is 0.0209. The number of rotatable bonds is 38. The van der Waals surface area contributed by atoms with Crippen molar-refractivity contribution in [2.24, 2.45) is 0 Å². The van der Waals surface area contributed by atoms with Gasteiger partial charge in [-0.05, 0) is 251 Å². The third kappa shape index (κ3) is 30.2. The minimum Gasteiger partial charge on any atom is -0.508 e. The molecule has 0 bridgehead atoms. The van der Waals surface area contributed by atoms with Crippen LogP contribution in [0.15, 0.2) is 413 Å². The molecule has 0 saturated carbocycles. The molecule has 0 radical (unpaired) electrons. The Kier molecular flexibility index (Phi) is 38.6. The van der Waals surface area contributed by atoms with E-state index < -0.39 is 80.0 Å². The molecule has 0 aliphatic heterocycles. The lowest BCUT2D eigenvalue weighted by Gasteiger charge is -2.35. The average molecular weight is 2080 g/mol. The Labute approximate surface area is 854 Å². The molecular formula is C112H107N5O25S5. The van der Waals surface area contributed by atoms with E-state index >= 15 is 0 Å². The van der Waals surface area contributed by atoms with E-state index in [-0.39, 0.29) is 123 Å². The minimum atomic E-state index is -3.89. The van der Waals surface area contributed by atoms with Gasteiger partial charge in [0.15, 0.2) is 0 Å². The lowest BCUT2D eigenvalue weighted by molar-refractivity contribution is 0.0686. The van der Waals surface area contributed by atoms with Crippen molar-refractivity contribution in [1.82, 2.24) is 21.5 Å². The highest BCUT2D eigenvalue weighted by Gasteiger charge is 2.37. The van der Waals surface area contributed by atoms with Crippen LogP contribution in [0.3, 0.4) is 0 Å². The van der Waals surface area contributed by atoms with E-state index in [1.165, 1.54) is 120 Å². The van der Waals surface area contributed by atoms with Crippen molar-refractivity contribution in [2.45, 2.75) is 109 Å². The van der Waals surface area contributed by atoms with E-state index in [2.05, 4.69) is 6.07 Å². The average Bonchev–Trinajstić information content (AvgIpc) is 0.761. The third-order valence-electron chi connectivity index (χ3n) is 23.5. The first kappa shape index (κ1) is 110. The number of fused-ring (bicyclic) bond motifs is 1. The van der Waals surface area contributed by atoms with Gasteiger partial charge in [0.05, 0.1) is 86.8 Å². The summed E-state index contributed by atoms with van der Waals surface area (Å²) >= 11 is 0. The summed E-state index contributed by atoms with van der Waals surface area (Å²) in [6.45, 7) is 1.21. The number of hydrogen-bond acceptors (Lipinski definition) is 20. The summed E-state index contributed by atoms with van der Waals surface area (Å²) in [5.74, 6) is -2.55. The van der Waals surface area contributed by atoms with Crippen LogP contribution in [0.5, 0.6) is 28.7 Å². The molecule has 1 aliphatic rings. The summed E-state index contributed by atoms with van der Waals surface area (Å²) in [4.78, 5) is 56.1. The van der Waals surface area contributed by atoms with Crippen molar-refractivity contribution < 1.29 is 116 Å². The molecule has 0 fully saturated rings. The minimum absolute atomic E-state index is 0.0205. The number of aryl methyl sites for hydroxylation is 1. The van der Waals surface area contributed by atoms with Crippen LogP contribution >= 0.6 is 0 Å². The van der Waals surface area contributed by atoms with Crippen molar-refractivity contribution in [2.75, 3.05) is 28.4 Å². The Hall–Kier alpha value is -15.8. The highest BCUT2D eigenvalue weighted by atomic mass is 32.2. The summed E-state index contributed by atoms with van der Waals surface area (Å²) in [6.07, 6.45) is 2.55. The number of nitrogens with zero attached hydrogens (tertiary/aromatic N) is 5. The van der Waals surface area contributed by atoms with Crippen molar-refractivity contribution in [3.63, 3.8) is 0 Å². The molecule has 0 heterocycles. The van der Waals surface area contributed by atoms with Gasteiger partial charge in [0, 0.05) is 64.5 Å². The van der Waals surface area contributed by atoms with Crippen LogP contribution in [0, 0.1) is 0 Å². The number of carboxylic acids is 5. The number of aromatic carboxylic acids is 5. The largest absolute Gasteiger partial charge is 0.508 e. The molecule has 0 saturated heterocycles. The van der Waals surface area contributed by atoms with Crippen LogP contribution < -0.4 is 18.9 Å². The lowest BCUT2D eigenvalue weighted by atomic mass is 9.87. The number of para-hydroxylation sites is 1. The van der Waals surface area contributed by atoms with Gasteiger partial charge >= 0.3 is 29.8 Å². The van der Waals surface area contributed by atoms with Gasteiger partial charge in [0.25, 0.3) is 0 Å². The topological polar surface area (TPSA) is 431 Å². The van der Waals surface area contributed by atoms with Gasteiger partial charge in [-0.15, -0.1) is 0 Å². The van der Waals surface area contributed by atoms with E-state index in [1.54, 1.807) is 203 Å². The maximum atomic E-state index is 13.8. The molecule has 147 heavy (non-hydrogen) atoms. The van der Waals surface area contributed by atoms with E-state index in [0.29, 0.717) is 39.7 Å². The number of phenolic OH excluding ortho intramolecular Hbond substituents is 1. The molecule has 760 valence electrons. The van der Waals surface area contributed by atoms with Crippen LogP contribution in [0.1, 0.15) is 132 Å². The molecule has 0 amide bonds. The second-order valence-corrected chi connectivity index (χ2v) is 43.0. The smallest absolute Gasteiger partial charge is 0.335 e. The second-order valence-electron chi connectivity index (χ2n) is 33.4. The van der Waals surface area contributed by atoms with Gasteiger partial charge in [-0.25, -0.2) is 66.1 Å². The Balaban J connectivity index is 0.000000163. The van der Waals surface area contributed by atoms with Gasteiger partial charge in [-0.1, -0.05) is 212 Å². The Morgan fingerprint density at radius 2 is 0.544 bits per heavy atom. The maximum Gasteiger partial charge on any atom is 0.335 e. The SMILES string of the molecule is COc1ccc(CN(C2CCCc3ccccc32)S(=O)(=O)c2ccc(C(=O)O)cc2)cc1.COc1ccc(CN(Cc2ccc(C(=O)O)cc2)S(=O)(=O)c2ccccc2)cc1.COc1cccc(CN(Cc2ccc(C(=O)O)cc2)S(=O)(=O)c2ccccc2)c1.COc1ccccc1CN(Cc1ccc(C(=O)O)cc1)S(=O)(=O)c1ccccc1.O=C(O)c1ccc(S(=O)(=O)N(Cc2ccccc2)Cc2ccc(O)cc2)cc1. The zero-order chi connectivity index (χ0) is 105. The number of phenols is 1. The molecule has 15 aromatic carbocycles. The van der Waals surface area contributed by atoms with Crippen LogP contribution in [-0.4, -0.2) is 153 Å². The standard InChI is InChI=1S/C25H25NO5S.3C22H21NO5S.C21H19NO5S/c1-31-21-13-9-18(10-14-21)17-26(24-8-4-6-19-5-2-3-7-23(19)24)32(29,30)22-15-11-20(12-16-22)25(27)28;1-28-20-7-5-6-18(14-20)16-23(29(26,27)21-8-3-2-4-9-21)15-17-10-12-19(13-11-17)22(24)25;1-28-21-10-6-5-7-19(21)16-23(29(26,27)20-8-3-2-4-9-20)15-17-11-13-18(14-12-17)22(24)25;1-28-20-13-9-18(10-14-20)16-23(29(26,27)21-5-3-2-4-6-21)15-17-7-11-19(12-8-17)22(24)25;23-19-10-6-17(7-11-19)15-22(14-16-4-2-1-3-5-16)28(26,27)20-12-8-18(9-13-20)21(24)25/h2-3,5,7,9-16,24H,4,6,8,17H2,1H3,(H,27,28);3*2-14H,15-16H2,1H3,(H,24,25);1-13,23H,14-15H2,(H,24,25). The van der Waals surface area contributed by atoms with Crippen molar-refractivity contribution in [1.29, 1.82) is 0 Å². The van der Waals surface area contributed by atoms with Crippen LogP contribution in [0.4, 0.5) is 0 Å². The number of sulfonamides is 5. The van der Waals surface area contributed by atoms with E-state index in [1.807, 2.05) is 115 Å². The third-order valence-corrected chi connectivity index (χ3v) is 32.6. The monoisotopic (exact) mass is 2080 g/mol. The zero-order valence-electron chi connectivity index (χ0n) is 80.2. The normalized spacial score (nSPS) is 12.4. The summed E-state index contributed by atoms with van der Waals surface area (Å²) in [7, 11) is -12.8. The van der Waals surface area contributed by atoms with Gasteiger partial charge in [-0.2, -0.15) is 21.5 Å². The molecule has 0 aromatic heterocycles. The number of carbonyl (C=O) groups is 5. The first-order valence-corrected chi connectivity index (χ1v) is 52.9.